The smallest absolute Gasteiger partial charge is 0.187 e. The summed E-state index contributed by atoms with van der Waals surface area (Å²) < 4.78 is 5.42. The summed E-state index contributed by atoms with van der Waals surface area (Å²) in [7, 11) is 0. The molecule has 0 bridgehead atoms. The maximum absolute atomic E-state index is 11.9. The molecule has 1 fully saturated rings. The number of Topliss-reactive ketones (excluding diaryl/α,β-unsaturated/α-hetero) is 1. The van der Waals surface area contributed by atoms with Crippen LogP contribution in [0.5, 0.6) is 0 Å². The third kappa shape index (κ3) is 3.12. The number of anilines is 1. The molecule has 0 saturated carbocycles. The number of carbonyl (C=O) groups is 1. The molecule has 0 aliphatic carbocycles. The molecule has 1 aliphatic rings. The van der Waals surface area contributed by atoms with Crippen molar-refractivity contribution in [3.63, 3.8) is 0 Å². The third-order valence-corrected chi connectivity index (χ3v) is 4.97. The van der Waals surface area contributed by atoms with Crippen LogP contribution in [0.3, 0.4) is 0 Å². The van der Waals surface area contributed by atoms with Crippen LogP contribution in [-0.4, -0.2) is 38.0 Å². The fourth-order valence-corrected chi connectivity index (χ4v) is 3.80. The molecule has 1 aromatic heterocycles. The fourth-order valence-electron chi connectivity index (χ4n) is 2.41. The number of thiophene rings is 1. The number of hydrogen-bond acceptors (Lipinski definition) is 4. The maximum Gasteiger partial charge on any atom is 0.187 e. The molecule has 0 N–H and O–H groups in total. The van der Waals surface area contributed by atoms with E-state index in [0.717, 1.165) is 47.3 Å². The van der Waals surface area contributed by atoms with Gasteiger partial charge in [-0.1, -0.05) is 30.3 Å². The van der Waals surface area contributed by atoms with E-state index >= 15 is 0 Å². The molecule has 0 spiro atoms. The molecule has 0 amide bonds. The van der Waals surface area contributed by atoms with E-state index < -0.39 is 0 Å². The third-order valence-electron chi connectivity index (χ3n) is 3.49. The van der Waals surface area contributed by atoms with Crippen LogP contribution in [0.15, 0.2) is 36.4 Å². The zero-order chi connectivity index (χ0) is 14.7. The summed E-state index contributed by atoms with van der Waals surface area (Å²) in [6.07, 6.45) is 0. The number of rotatable bonds is 4. The first kappa shape index (κ1) is 14.6. The Bertz CT molecular complexity index is 620. The lowest BCUT2D eigenvalue weighted by atomic mass is 10.1. The monoisotopic (exact) mass is 321 g/mol. The van der Waals surface area contributed by atoms with E-state index in [4.69, 9.17) is 16.3 Å². The summed E-state index contributed by atoms with van der Waals surface area (Å²) in [5.74, 6) is 0.00968. The summed E-state index contributed by atoms with van der Waals surface area (Å²) in [4.78, 5) is 14.9. The Labute approximate surface area is 133 Å². The summed E-state index contributed by atoms with van der Waals surface area (Å²) in [5.41, 5.74) is 2.24. The van der Waals surface area contributed by atoms with Crippen molar-refractivity contribution in [1.29, 1.82) is 0 Å². The topological polar surface area (TPSA) is 29.5 Å². The van der Waals surface area contributed by atoms with Gasteiger partial charge in [0.2, 0.25) is 0 Å². The quantitative estimate of drug-likeness (QED) is 0.635. The van der Waals surface area contributed by atoms with Gasteiger partial charge in [-0.05, 0) is 11.6 Å². The van der Waals surface area contributed by atoms with Crippen LogP contribution in [0.4, 0.5) is 5.00 Å². The van der Waals surface area contributed by atoms with Crippen LogP contribution in [-0.2, 0) is 4.74 Å². The standard InChI is InChI=1S/C16H16ClNO2S/c17-11-14(19)15-10-13(12-4-2-1-3-5-12)16(21-15)18-6-8-20-9-7-18/h1-5,10H,6-9,11H2. The van der Waals surface area contributed by atoms with Crippen molar-refractivity contribution in [3.05, 3.63) is 41.3 Å². The number of alkyl halides is 1. The predicted octanol–water partition coefficient (Wildman–Crippen LogP) is 3.67. The van der Waals surface area contributed by atoms with Gasteiger partial charge in [-0.2, -0.15) is 0 Å². The van der Waals surface area contributed by atoms with Gasteiger partial charge in [-0.15, -0.1) is 22.9 Å². The highest BCUT2D eigenvalue weighted by molar-refractivity contribution is 7.18. The van der Waals surface area contributed by atoms with Gasteiger partial charge >= 0.3 is 0 Å². The van der Waals surface area contributed by atoms with Crippen molar-refractivity contribution in [2.75, 3.05) is 37.1 Å². The Hall–Kier alpha value is -1.36. The normalized spacial score (nSPS) is 15.2. The zero-order valence-corrected chi connectivity index (χ0v) is 13.1. The summed E-state index contributed by atoms with van der Waals surface area (Å²) in [6, 6.07) is 12.1. The van der Waals surface area contributed by atoms with E-state index in [1.165, 1.54) is 11.3 Å². The van der Waals surface area contributed by atoms with E-state index in [1.54, 1.807) is 0 Å². The molecule has 0 radical (unpaired) electrons. The molecule has 21 heavy (non-hydrogen) atoms. The first-order chi connectivity index (χ1) is 10.3. The molecule has 2 heterocycles. The number of ether oxygens (including phenoxy) is 1. The Morgan fingerprint density at radius 3 is 2.62 bits per heavy atom. The maximum atomic E-state index is 11.9. The molecule has 2 aromatic rings. The van der Waals surface area contributed by atoms with Gasteiger partial charge in [-0.25, -0.2) is 0 Å². The van der Waals surface area contributed by atoms with Gasteiger partial charge in [0.25, 0.3) is 0 Å². The van der Waals surface area contributed by atoms with Gasteiger partial charge < -0.3 is 9.64 Å². The first-order valence-electron chi connectivity index (χ1n) is 6.90. The minimum absolute atomic E-state index is 0.0154. The summed E-state index contributed by atoms with van der Waals surface area (Å²) in [6.45, 7) is 3.17. The lowest BCUT2D eigenvalue weighted by molar-refractivity contribution is 0.102. The Kier molecular flexibility index (Phi) is 4.58. The van der Waals surface area contributed by atoms with Crippen molar-refractivity contribution in [2.24, 2.45) is 0 Å². The second-order valence-corrected chi connectivity index (χ2v) is 6.15. The minimum Gasteiger partial charge on any atom is -0.378 e. The van der Waals surface area contributed by atoms with E-state index in [9.17, 15) is 4.79 Å². The minimum atomic E-state index is -0.0154. The van der Waals surface area contributed by atoms with Crippen LogP contribution >= 0.6 is 22.9 Å². The molecule has 1 saturated heterocycles. The van der Waals surface area contributed by atoms with E-state index in [1.807, 2.05) is 24.3 Å². The molecule has 1 aromatic carbocycles. The van der Waals surface area contributed by atoms with Gasteiger partial charge in [0.15, 0.2) is 5.78 Å². The molecule has 3 rings (SSSR count). The van der Waals surface area contributed by atoms with Crippen LogP contribution in [0.2, 0.25) is 0 Å². The zero-order valence-electron chi connectivity index (χ0n) is 11.5. The molecule has 110 valence electrons. The average Bonchev–Trinajstić information content (AvgIpc) is 3.01. The number of hydrogen-bond donors (Lipinski definition) is 0. The number of carbonyl (C=O) groups excluding carboxylic acids is 1. The fraction of sp³-hybridized carbons (Fsp3) is 0.312. The van der Waals surface area contributed by atoms with Crippen molar-refractivity contribution in [2.45, 2.75) is 0 Å². The number of nitrogens with zero attached hydrogens (tertiary/aromatic N) is 1. The largest absolute Gasteiger partial charge is 0.378 e. The second kappa shape index (κ2) is 6.60. The van der Waals surface area contributed by atoms with Crippen molar-refractivity contribution in [1.82, 2.24) is 0 Å². The Morgan fingerprint density at radius 2 is 1.95 bits per heavy atom. The average molecular weight is 322 g/mol. The number of morpholine rings is 1. The van der Waals surface area contributed by atoms with Crippen LogP contribution in [0.25, 0.3) is 11.1 Å². The van der Waals surface area contributed by atoms with Gasteiger partial charge in [0.05, 0.1) is 29.0 Å². The van der Waals surface area contributed by atoms with E-state index in [2.05, 4.69) is 17.0 Å². The number of benzene rings is 1. The van der Waals surface area contributed by atoms with Gasteiger partial charge in [0, 0.05) is 18.7 Å². The van der Waals surface area contributed by atoms with Gasteiger partial charge in [-0.3, -0.25) is 4.79 Å². The van der Waals surface area contributed by atoms with Crippen LogP contribution in [0, 0.1) is 0 Å². The lowest BCUT2D eigenvalue weighted by Gasteiger charge is -2.28. The molecule has 5 heteroatoms. The predicted molar refractivity (Wildman–Crippen MR) is 87.8 cm³/mol. The van der Waals surface area contributed by atoms with Crippen molar-refractivity contribution < 1.29 is 9.53 Å². The van der Waals surface area contributed by atoms with E-state index in [0.29, 0.717) is 0 Å². The van der Waals surface area contributed by atoms with Crippen molar-refractivity contribution in [3.8, 4) is 11.1 Å². The molecule has 0 unspecified atom stereocenters. The highest BCUT2D eigenvalue weighted by Gasteiger charge is 2.21. The number of halogens is 1. The van der Waals surface area contributed by atoms with Crippen LogP contribution in [0.1, 0.15) is 9.67 Å². The molecular formula is C16H16ClNO2S. The first-order valence-corrected chi connectivity index (χ1v) is 8.26. The summed E-state index contributed by atoms with van der Waals surface area (Å²) >= 11 is 7.23. The molecule has 1 aliphatic heterocycles. The van der Waals surface area contributed by atoms with Crippen molar-refractivity contribution >= 4 is 33.7 Å². The van der Waals surface area contributed by atoms with E-state index in [-0.39, 0.29) is 11.7 Å². The second-order valence-electron chi connectivity index (χ2n) is 4.85. The Morgan fingerprint density at radius 1 is 1.24 bits per heavy atom. The molecule has 3 nitrogen and oxygen atoms in total. The number of ketones is 1. The molecular weight excluding hydrogens is 306 g/mol. The highest BCUT2D eigenvalue weighted by atomic mass is 35.5. The lowest BCUT2D eigenvalue weighted by Crippen LogP contribution is -2.35. The SMILES string of the molecule is O=C(CCl)c1cc(-c2ccccc2)c(N2CCOCC2)s1. The molecule has 0 atom stereocenters. The Balaban J connectivity index is 2.03. The summed E-state index contributed by atoms with van der Waals surface area (Å²) in [5, 5.41) is 1.14. The highest BCUT2D eigenvalue weighted by Crippen LogP contribution is 2.39. The van der Waals surface area contributed by atoms with Crippen LogP contribution < -0.4 is 4.90 Å². The van der Waals surface area contributed by atoms with Gasteiger partial charge in [0.1, 0.15) is 0 Å².